The van der Waals surface area contributed by atoms with E-state index >= 15 is 0 Å². The second kappa shape index (κ2) is 4.27. The van der Waals surface area contributed by atoms with Crippen LogP contribution in [0, 0.1) is 0 Å². The Morgan fingerprint density at radius 1 is 0.667 bits per heavy atom. The van der Waals surface area contributed by atoms with E-state index in [1.807, 2.05) is 0 Å². The monoisotopic (exact) mass is 167 g/mol. The van der Waals surface area contributed by atoms with E-state index in [1.165, 1.54) is 64.5 Å². The van der Waals surface area contributed by atoms with Gasteiger partial charge < -0.3 is 4.90 Å². The van der Waals surface area contributed by atoms with Crippen LogP contribution in [-0.4, -0.2) is 24.0 Å². The third-order valence-corrected chi connectivity index (χ3v) is 3.48. The normalized spacial score (nSPS) is 29.0. The maximum absolute atomic E-state index is 2.74. The summed E-state index contributed by atoms with van der Waals surface area (Å²) < 4.78 is 0. The summed E-state index contributed by atoms with van der Waals surface area (Å²) in [4.78, 5) is 2.74. The van der Waals surface area contributed by atoms with Crippen LogP contribution in [0.5, 0.6) is 0 Å². The highest BCUT2D eigenvalue weighted by Crippen LogP contribution is 2.24. The van der Waals surface area contributed by atoms with Crippen molar-refractivity contribution in [2.24, 2.45) is 0 Å². The Balaban J connectivity index is 1.83. The van der Waals surface area contributed by atoms with Gasteiger partial charge >= 0.3 is 0 Å². The standard InChI is InChI=1S/C11H21N/c1-2-4-8-11(7-3-1)12-9-5-6-10-12/h11H,1-10H2. The third kappa shape index (κ3) is 2.01. The minimum Gasteiger partial charge on any atom is -0.300 e. The molecule has 1 aliphatic carbocycles. The summed E-state index contributed by atoms with van der Waals surface area (Å²) in [5.74, 6) is 0. The first-order chi connectivity index (χ1) is 5.97. The SMILES string of the molecule is C1CCCC(N2CCCC2)CC1. The van der Waals surface area contributed by atoms with Crippen LogP contribution in [0.2, 0.25) is 0 Å². The molecule has 0 N–H and O–H groups in total. The fraction of sp³-hybridized carbons (Fsp3) is 1.00. The molecule has 0 bridgehead atoms. The lowest BCUT2D eigenvalue weighted by molar-refractivity contribution is 0.221. The summed E-state index contributed by atoms with van der Waals surface area (Å²) in [5, 5.41) is 0. The van der Waals surface area contributed by atoms with Crippen molar-refractivity contribution in [3.05, 3.63) is 0 Å². The van der Waals surface area contributed by atoms with Crippen molar-refractivity contribution in [3.63, 3.8) is 0 Å². The van der Waals surface area contributed by atoms with Gasteiger partial charge in [-0.15, -0.1) is 0 Å². The van der Waals surface area contributed by atoms with Gasteiger partial charge in [0.25, 0.3) is 0 Å². The van der Waals surface area contributed by atoms with Crippen LogP contribution < -0.4 is 0 Å². The number of hydrogen-bond acceptors (Lipinski definition) is 1. The van der Waals surface area contributed by atoms with Crippen LogP contribution in [-0.2, 0) is 0 Å². The van der Waals surface area contributed by atoms with E-state index in [0.717, 1.165) is 6.04 Å². The Kier molecular flexibility index (Phi) is 3.04. The first-order valence-electron chi connectivity index (χ1n) is 5.71. The van der Waals surface area contributed by atoms with E-state index in [-0.39, 0.29) is 0 Å². The first kappa shape index (κ1) is 8.55. The molecule has 0 unspecified atom stereocenters. The van der Waals surface area contributed by atoms with E-state index in [4.69, 9.17) is 0 Å². The maximum Gasteiger partial charge on any atom is 0.00952 e. The van der Waals surface area contributed by atoms with Gasteiger partial charge in [0.15, 0.2) is 0 Å². The van der Waals surface area contributed by atoms with Gasteiger partial charge in [0, 0.05) is 6.04 Å². The van der Waals surface area contributed by atoms with Gasteiger partial charge in [0.2, 0.25) is 0 Å². The number of rotatable bonds is 1. The number of nitrogens with zero attached hydrogens (tertiary/aromatic N) is 1. The molecule has 1 nitrogen and oxygen atoms in total. The van der Waals surface area contributed by atoms with Crippen LogP contribution >= 0.6 is 0 Å². The van der Waals surface area contributed by atoms with Crippen LogP contribution in [0.4, 0.5) is 0 Å². The fourth-order valence-corrected chi connectivity index (χ4v) is 2.73. The second-order valence-corrected chi connectivity index (χ2v) is 4.39. The van der Waals surface area contributed by atoms with Gasteiger partial charge in [0.05, 0.1) is 0 Å². The smallest absolute Gasteiger partial charge is 0.00952 e. The van der Waals surface area contributed by atoms with E-state index in [1.54, 1.807) is 0 Å². The van der Waals surface area contributed by atoms with E-state index in [9.17, 15) is 0 Å². The van der Waals surface area contributed by atoms with Crippen molar-refractivity contribution in [3.8, 4) is 0 Å². The fourth-order valence-electron chi connectivity index (χ4n) is 2.73. The summed E-state index contributed by atoms with van der Waals surface area (Å²) in [6, 6.07) is 0.968. The van der Waals surface area contributed by atoms with Gasteiger partial charge in [-0.05, 0) is 38.8 Å². The highest BCUT2D eigenvalue weighted by Gasteiger charge is 2.22. The van der Waals surface area contributed by atoms with Crippen molar-refractivity contribution < 1.29 is 0 Å². The van der Waals surface area contributed by atoms with Crippen molar-refractivity contribution in [2.75, 3.05) is 13.1 Å². The van der Waals surface area contributed by atoms with Crippen molar-refractivity contribution in [1.29, 1.82) is 0 Å². The van der Waals surface area contributed by atoms with E-state index in [2.05, 4.69) is 4.90 Å². The van der Waals surface area contributed by atoms with Crippen molar-refractivity contribution in [2.45, 2.75) is 57.4 Å². The summed E-state index contributed by atoms with van der Waals surface area (Å²) >= 11 is 0. The molecule has 2 fully saturated rings. The zero-order valence-electron chi connectivity index (χ0n) is 8.10. The molecule has 0 aromatic heterocycles. The minimum atomic E-state index is 0.968. The Morgan fingerprint density at radius 3 is 1.83 bits per heavy atom. The van der Waals surface area contributed by atoms with Gasteiger partial charge in [0.1, 0.15) is 0 Å². The predicted octanol–water partition coefficient (Wildman–Crippen LogP) is 2.81. The van der Waals surface area contributed by atoms with Crippen LogP contribution in [0.15, 0.2) is 0 Å². The zero-order valence-corrected chi connectivity index (χ0v) is 8.10. The van der Waals surface area contributed by atoms with Crippen LogP contribution in [0.25, 0.3) is 0 Å². The predicted molar refractivity (Wildman–Crippen MR) is 52.3 cm³/mol. The number of likely N-dealkylation sites (tertiary alicyclic amines) is 1. The lowest BCUT2D eigenvalue weighted by Gasteiger charge is -2.25. The molecule has 0 atom stereocenters. The molecular formula is C11H21N. The Bertz CT molecular complexity index is 119. The minimum absolute atomic E-state index is 0.968. The average molecular weight is 167 g/mol. The summed E-state index contributed by atoms with van der Waals surface area (Å²) in [5.41, 5.74) is 0. The van der Waals surface area contributed by atoms with Gasteiger partial charge in [-0.1, -0.05) is 25.7 Å². The lowest BCUT2D eigenvalue weighted by Crippen LogP contribution is -2.31. The molecule has 0 radical (unpaired) electrons. The quantitative estimate of drug-likeness (QED) is 0.543. The van der Waals surface area contributed by atoms with E-state index < -0.39 is 0 Å². The summed E-state index contributed by atoms with van der Waals surface area (Å²) in [7, 11) is 0. The highest BCUT2D eigenvalue weighted by atomic mass is 15.2. The van der Waals surface area contributed by atoms with E-state index in [0.29, 0.717) is 0 Å². The summed E-state index contributed by atoms with van der Waals surface area (Å²) in [6.07, 6.45) is 11.8. The molecule has 1 heteroatoms. The Labute approximate surface area is 76.1 Å². The van der Waals surface area contributed by atoms with Crippen molar-refractivity contribution >= 4 is 0 Å². The Morgan fingerprint density at radius 2 is 1.25 bits per heavy atom. The van der Waals surface area contributed by atoms with Gasteiger partial charge in [-0.2, -0.15) is 0 Å². The molecule has 1 heterocycles. The molecule has 2 aliphatic rings. The second-order valence-electron chi connectivity index (χ2n) is 4.39. The molecule has 0 spiro atoms. The molecule has 2 rings (SSSR count). The molecule has 70 valence electrons. The molecular weight excluding hydrogens is 146 g/mol. The van der Waals surface area contributed by atoms with Crippen LogP contribution in [0.3, 0.4) is 0 Å². The third-order valence-electron chi connectivity index (χ3n) is 3.48. The topological polar surface area (TPSA) is 3.24 Å². The molecule has 1 saturated carbocycles. The molecule has 1 saturated heterocycles. The zero-order chi connectivity index (χ0) is 8.23. The molecule has 1 aliphatic heterocycles. The Hall–Kier alpha value is -0.0400. The maximum atomic E-state index is 2.74. The molecule has 12 heavy (non-hydrogen) atoms. The van der Waals surface area contributed by atoms with Crippen molar-refractivity contribution in [1.82, 2.24) is 4.90 Å². The average Bonchev–Trinajstić information content (AvgIpc) is 2.48. The largest absolute Gasteiger partial charge is 0.300 e. The first-order valence-corrected chi connectivity index (χ1v) is 5.71. The summed E-state index contributed by atoms with van der Waals surface area (Å²) in [6.45, 7) is 2.79. The van der Waals surface area contributed by atoms with Gasteiger partial charge in [-0.25, -0.2) is 0 Å². The van der Waals surface area contributed by atoms with Crippen LogP contribution in [0.1, 0.15) is 51.4 Å². The van der Waals surface area contributed by atoms with Gasteiger partial charge in [-0.3, -0.25) is 0 Å². The lowest BCUT2D eigenvalue weighted by atomic mass is 10.1. The number of hydrogen-bond donors (Lipinski definition) is 0. The highest BCUT2D eigenvalue weighted by molar-refractivity contribution is 4.77. The molecule has 0 amide bonds. The molecule has 0 aromatic rings. The molecule has 0 aromatic carbocycles.